The topological polar surface area (TPSA) is 55.9 Å². The minimum absolute atomic E-state index is 0.739. The van der Waals surface area contributed by atoms with Crippen molar-refractivity contribution >= 4 is 11.5 Å². The van der Waals surface area contributed by atoms with Crippen LogP contribution in [0.15, 0.2) is 6.20 Å². The Morgan fingerprint density at radius 2 is 2.40 bits per heavy atom. The fourth-order valence-corrected chi connectivity index (χ4v) is 2.40. The summed E-state index contributed by atoms with van der Waals surface area (Å²) in [7, 11) is 1.89. The van der Waals surface area contributed by atoms with Crippen molar-refractivity contribution in [3.63, 3.8) is 0 Å². The van der Waals surface area contributed by atoms with Crippen molar-refractivity contribution in [2.45, 2.75) is 26.2 Å². The van der Waals surface area contributed by atoms with Crippen molar-refractivity contribution in [2.24, 2.45) is 18.9 Å². The number of nitrogen functional groups attached to an aromatic ring is 1. The number of hydrogen-bond donors (Lipinski definition) is 2. The van der Waals surface area contributed by atoms with E-state index < -0.39 is 0 Å². The molecule has 0 amide bonds. The number of aryl methyl sites for hydroxylation is 1. The Balaban J connectivity index is 1.85. The predicted octanol–water partition coefficient (Wildman–Crippen LogP) is 1.85. The molecule has 2 atom stereocenters. The van der Waals surface area contributed by atoms with Crippen LogP contribution in [0.25, 0.3) is 0 Å². The highest BCUT2D eigenvalue weighted by Crippen LogP contribution is 2.30. The first-order valence-electron chi connectivity index (χ1n) is 5.68. The van der Waals surface area contributed by atoms with Crippen LogP contribution < -0.4 is 11.1 Å². The van der Waals surface area contributed by atoms with Crippen LogP contribution in [-0.2, 0) is 7.05 Å². The van der Waals surface area contributed by atoms with E-state index in [-0.39, 0.29) is 0 Å². The second-order valence-corrected chi connectivity index (χ2v) is 4.77. The monoisotopic (exact) mass is 208 g/mol. The third-order valence-electron chi connectivity index (χ3n) is 3.22. The summed E-state index contributed by atoms with van der Waals surface area (Å²) in [6.45, 7) is 3.33. The van der Waals surface area contributed by atoms with Crippen LogP contribution in [-0.4, -0.2) is 16.3 Å². The molecular weight excluding hydrogens is 188 g/mol. The van der Waals surface area contributed by atoms with Crippen molar-refractivity contribution < 1.29 is 0 Å². The molecule has 1 aliphatic rings. The molecule has 4 heteroatoms. The van der Waals surface area contributed by atoms with Gasteiger partial charge in [0.2, 0.25) is 0 Å². The maximum absolute atomic E-state index is 5.81. The first-order chi connectivity index (χ1) is 7.15. The number of nitrogens with two attached hydrogens (primary N) is 1. The van der Waals surface area contributed by atoms with E-state index in [4.69, 9.17) is 5.73 Å². The van der Waals surface area contributed by atoms with Gasteiger partial charge >= 0.3 is 0 Å². The second kappa shape index (κ2) is 4.13. The minimum Gasteiger partial charge on any atom is -0.394 e. The highest BCUT2D eigenvalue weighted by atomic mass is 15.3. The zero-order valence-corrected chi connectivity index (χ0v) is 9.53. The Morgan fingerprint density at radius 1 is 1.60 bits per heavy atom. The quantitative estimate of drug-likeness (QED) is 0.797. The van der Waals surface area contributed by atoms with Crippen molar-refractivity contribution in [1.29, 1.82) is 0 Å². The average Bonchev–Trinajstić information content (AvgIpc) is 2.70. The third-order valence-corrected chi connectivity index (χ3v) is 3.22. The molecule has 0 saturated heterocycles. The zero-order valence-electron chi connectivity index (χ0n) is 9.53. The number of nitrogens with one attached hydrogen (secondary N) is 1. The largest absolute Gasteiger partial charge is 0.394 e. The summed E-state index contributed by atoms with van der Waals surface area (Å²) in [5.74, 6) is 2.51. The summed E-state index contributed by atoms with van der Waals surface area (Å²) >= 11 is 0. The molecule has 1 aromatic heterocycles. The lowest BCUT2D eigenvalue weighted by Gasteiger charge is -2.10. The Morgan fingerprint density at radius 3 is 2.93 bits per heavy atom. The van der Waals surface area contributed by atoms with E-state index in [1.165, 1.54) is 19.3 Å². The van der Waals surface area contributed by atoms with Crippen LogP contribution in [0, 0.1) is 11.8 Å². The Bertz CT molecular complexity index is 331. The van der Waals surface area contributed by atoms with Crippen LogP contribution in [0.2, 0.25) is 0 Å². The first kappa shape index (κ1) is 10.3. The van der Waals surface area contributed by atoms with Gasteiger partial charge in [-0.25, -0.2) is 0 Å². The molecule has 1 heterocycles. The molecule has 2 unspecified atom stereocenters. The summed E-state index contributed by atoms with van der Waals surface area (Å²) in [5.41, 5.74) is 6.55. The smallest absolute Gasteiger partial charge is 0.171 e. The summed E-state index contributed by atoms with van der Waals surface area (Å²) in [4.78, 5) is 0. The number of rotatable bonds is 3. The first-order valence-corrected chi connectivity index (χ1v) is 5.68. The van der Waals surface area contributed by atoms with E-state index in [2.05, 4.69) is 17.3 Å². The molecule has 84 valence electrons. The van der Waals surface area contributed by atoms with Gasteiger partial charge in [-0.05, 0) is 24.7 Å². The summed E-state index contributed by atoms with van der Waals surface area (Å²) < 4.78 is 1.74. The van der Waals surface area contributed by atoms with E-state index in [1.54, 1.807) is 4.68 Å². The van der Waals surface area contributed by atoms with Gasteiger partial charge in [0.1, 0.15) is 0 Å². The fourth-order valence-electron chi connectivity index (χ4n) is 2.40. The molecular formula is C11H20N4. The van der Waals surface area contributed by atoms with Gasteiger partial charge in [0.05, 0.1) is 5.69 Å². The molecule has 4 nitrogen and oxygen atoms in total. The third kappa shape index (κ3) is 2.43. The molecule has 1 aromatic rings. The average molecular weight is 208 g/mol. The van der Waals surface area contributed by atoms with Gasteiger partial charge in [-0.3, -0.25) is 4.68 Å². The van der Waals surface area contributed by atoms with Gasteiger partial charge in [-0.2, -0.15) is 5.10 Å². The van der Waals surface area contributed by atoms with E-state index in [1.807, 2.05) is 13.2 Å². The number of hydrogen-bond acceptors (Lipinski definition) is 3. The Hall–Kier alpha value is -1.19. The molecule has 1 fully saturated rings. The molecule has 0 aromatic carbocycles. The number of anilines is 2. The Kier molecular flexibility index (Phi) is 2.84. The summed E-state index contributed by atoms with van der Waals surface area (Å²) in [6, 6.07) is 0. The number of nitrogens with zero attached hydrogens (tertiary/aromatic N) is 2. The van der Waals surface area contributed by atoms with Gasteiger partial charge in [0.25, 0.3) is 0 Å². The zero-order chi connectivity index (χ0) is 10.8. The van der Waals surface area contributed by atoms with Gasteiger partial charge in [-0.1, -0.05) is 13.3 Å². The molecule has 0 radical (unpaired) electrons. The van der Waals surface area contributed by atoms with Gasteiger partial charge in [-0.15, -0.1) is 0 Å². The van der Waals surface area contributed by atoms with Crippen LogP contribution in [0.5, 0.6) is 0 Å². The van der Waals surface area contributed by atoms with Crippen LogP contribution in [0.3, 0.4) is 0 Å². The molecule has 1 saturated carbocycles. The van der Waals surface area contributed by atoms with E-state index in [0.29, 0.717) is 0 Å². The summed E-state index contributed by atoms with van der Waals surface area (Å²) in [5, 5.41) is 7.61. The molecule has 0 bridgehead atoms. The molecule has 2 rings (SSSR count). The van der Waals surface area contributed by atoms with Gasteiger partial charge in [0, 0.05) is 19.8 Å². The normalized spacial score (nSPS) is 25.7. The van der Waals surface area contributed by atoms with E-state index >= 15 is 0 Å². The Labute approximate surface area is 90.8 Å². The lowest BCUT2D eigenvalue weighted by molar-refractivity contribution is 0.536. The van der Waals surface area contributed by atoms with Crippen LogP contribution in [0.1, 0.15) is 26.2 Å². The SMILES string of the molecule is CC1CCC(CNc2nn(C)cc2N)C1. The number of aromatic nitrogens is 2. The molecule has 15 heavy (non-hydrogen) atoms. The van der Waals surface area contributed by atoms with Gasteiger partial charge in [0.15, 0.2) is 5.82 Å². The van der Waals surface area contributed by atoms with Crippen molar-refractivity contribution in [1.82, 2.24) is 9.78 Å². The molecule has 1 aliphatic carbocycles. The standard InChI is InChI=1S/C11H20N4/c1-8-3-4-9(5-8)6-13-11-10(12)7-15(2)14-11/h7-9H,3-6,12H2,1-2H3,(H,13,14). The molecule has 0 aliphatic heterocycles. The van der Waals surface area contributed by atoms with Crippen molar-refractivity contribution in [2.75, 3.05) is 17.6 Å². The molecule has 0 spiro atoms. The van der Waals surface area contributed by atoms with Gasteiger partial charge < -0.3 is 11.1 Å². The molecule has 3 N–H and O–H groups in total. The van der Waals surface area contributed by atoms with E-state index in [0.717, 1.165) is 29.9 Å². The second-order valence-electron chi connectivity index (χ2n) is 4.77. The highest BCUT2D eigenvalue weighted by Gasteiger charge is 2.21. The maximum Gasteiger partial charge on any atom is 0.171 e. The lowest BCUT2D eigenvalue weighted by atomic mass is 10.1. The fraction of sp³-hybridized carbons (Fsp3) is 0.727. The summed E-state index contributed by atoms with van der Waals surface area (Å²) in [6.07, 6.45) is 5.87. The van der Waals surface area contributed by atoms with E-state index in [9.17, 15) is 0 Å². The van der Waals surface area contributed by atoms with Crippen molar-refractivity contribution in [3.05, 3.63) is 6.20 Å². The predicted molar refractivity (Wildman–Crippen MR) is 62.6 cm³/mol. The van der Waals surface area contributed by atoms with Crippen LogP contribution >= 0.6 is 0 Å². The lowest BCUT2D eigenvalue weighted by Crippen LogP contribution is -2.12. The maximum atomic E-state index is 5.81. The highest BCUT2D eigenvalue weighted by molar-refractivity contribution is 5.59. The van der Waals surface area contributed by atoms with Crippen molar-refractivity contribution in [3.8, 4) is 0 Å². The van der Waals surface area contributed by atoms with Crippen LogP contribution in [0.4, 0.5) is 11.5 Å². The minimum atomic E-state index is 0.739.